The Kier molecular flexibility index (Phi) is 9.81. The van der Waals surface area contributed by atoms with E-state index in [4.69, 9.17) is 4.42 Å². The number of rotatable bonds is 5. The highest BCUT2D eigenvalue weighted by atomic mass is 32.2. The average Bonchev–Trinajstić information content (AvgIpc) is 3.95. The molecule has 4 heterocycles. The zero-order valence-corrected chi connectivity index (χ0v) is 43.9. The van der Waals surface area contributed by atoms with Gasteiger partial charge in [-0.3, -0.25) is 0 Å². The Hall–Kier alpha value is -7.57. The van der Waals surface area contributed by atoms with Crippen LogP contribution in [0.1, 0.15) is 52.7 Å². The number of nitrogens with zero attached hydrogens (tertiary/aromatic N) is 1. The van der Waals surface area contributed by atoms with E-state index in [2.05, 4.69) is 265 Å². The summed E-state index contributed by atoms with van der Waals surface area (Å²) in [4.78, 5) is 5.28. The zero-order chi connectivity index (χ0) is 49.4. The van der Waals surface area contributed by atoms with E-state index < -0.39 is 8.07 Å². The number of furan rings is 1. The summed E-state index contributed by atoms with van der Waals surface area (Å²) in [7, 11) is -2.87. The third kappa shape index (κ3) is 6.64. The zero-order valence-electron chi connectivity index (χ0n) is 42.1. The maximum atomic E-state index is 6.58. The molecule has 1 aromatic heterocycles. The van der Waals surface area contributed by atoms with E-state index >= 15 is 0 Å². The van der Waals surface area contributed by atoms with Crippen LogP contribution in [0.5, 0.6) is 0 Å². The molecule has 0 radical (unpaired) electrons. The van der Waals surface area contributed by atoms with Gasteiger partial charge in [-0.15, -0.1) is 0 Å². The number of benzene rings is 10. The fourth-order valence-electron chi connectivity index (χ4n) is 12.6. The first kappa shape index (κ1) is 44.2. The van der Waals surface area contributed by atoms with E-state index in [9.17, 15) is 0 Å². The third-order valence-electron chi connectivity index (χ3n) is 16.1. The Morgan fingerprint density at radius 3 is 1.79 bits per heavy atom. The van der Waals surface area contributed by atoms with Gasteiger partial charge in [0.2, 0.25) is 6.71 Å². The lowest BCUT2D eigenvalue weighted by Gasteiger charge is -2.42. The van der Waals surface area contributed by atoms with E-state index in [0.29, 0.717) is 0 Å². The molecule has 0 unspecified atom stereocenters. The molecule has 0 bridgehead atoms. The van der Waals surface area contributed by atoms with Crippen molar-refractivity contribution in [2.75, 3.05) is 4.90 Å². The van der Waals surface area contributed by atoms with Crippen LogP contribution in [0, 0.1) is 0 Å². The topological polar surface area (TPSA) is 16.4 Å². The molecule has 0 atom stereocenters. The Bertz CT molecular complexity index is 4000. The normalized spacial score (nSPS) is 14.2. The standard InChI is InChI=1S/C68H54BNOSSi/c1-67(2,3)45-33-35-56(52(39-45)43-21-10-7-11-22-43)70-57-41-53-50-27-17-19-32-63(50)73(47-23-12-8-13-24-47,48-25-14-9-15-26-48)64(53)42-54(57)69-55-40-46(68(4,5)6)34-36-61(55)72-62-38-44(37-58(70)66(62)69)49-29-20-31-60-65(49)51-28-16-18-30-59(51)71-60/h7-42H,1-6H3. The second-order valence-corrected chi connectivity index (χ2v) is 27.2. The second kappa shape index (κ2) is 16.2. The van der Waals surface area contributed by atoms with Gasteiger partial charge in [-0.1, -0.05) is 229 Å². The minimum atomic E-state index is -2.87. The van der Waals surface area contributed by atoms with Crippen LogP contribution in [0.15, 0.2) is 233 Å². The predicted molar refractivity (Wildman–Crippen MR) is 315 cm³/mol. The number of hydrogen-bond donors (Lipinski definition) is 0. The van der Waals surface area contributed by atoms with Crippen molar-refractivity contribution < 1.29 is 4.42 Å². The summed E-state index contributed by atoms with van der Waals surface area (Å²) in [6, 6.07) is 83.4. The summed E-state index contributed by atoms with van der Waals surface area (Å²) < 4.78 is 6.58. The molecular weight excluding hydrogens is 918 g/mol. The maximum Gasteiger partial charge on any atom is 0.249 e. The summed E-state index contributed by atoms with van der Waals surface area (Å²) >= 11 is 1.93. The van der Waals surface area contributed by atoms with Crippen molar-refractivity contribution in [3.63, 3.8) is 0 Å². The maximum absolute atomic E-state index is 6.58. The number of para-hydroxylation sites is 1. The minimum absolute atomic E-state index is 0.0318. The number of hydrogen-bond acceptors (Lipinski definition) is 3. The Labute approximate surface area is 434 Å². The van der Waals surface area contributed by atoms with Gasteiger partial charge in [-0.05, 0) is 130 Å². The molecule has 73 heavy (non-hydrogen) atoms. The largest absolute Gasteiger partial charge is 0.456 e. The van der Waals surface area contributed by atoms with E-state index in [1.807, 2.05) is 11.8 Å². The lowest BCUT2D eigenvalue weighted by molar-refractivity contribution is 0.590. The molecule has 3 aliphatic rings. The van der Waals surface area contributed by atoms with Crippen LogP contribution in [-0.4, -0.2) is 14.8 Å². The fourth-order valence-corrected chi connectivity index (χ4v) is 19.0. The summed E-state index contributed by atoms with van der Waals surface area (Å²) in [5.74, 6) is 0. The van der Waals surface area contributed by atoms with Gasteiger partial charge in [0.25, 0.3) is 0 Å². The third-order valence-corrected chi connectivity index (χ3v) is 22.1. The van der Waals surface area contributed by atoms with E-state index in [1.54, 1.807) is 0 Å². The molecule has 0 fully saturated rings. The van der Waals surface area contributed by atoms with Gasteiger partial charge < -0.3 is 9.32 Å². The van der Waals surface area contributed by atoms with Crippen molar-refractivity contribution in [1.82, 2.24) is 0 Å². The molecule has 0 amide bonds. The van der Waals surface area contributed by atoms with E-state index in [1.165, 1.54) is 108 Å². The van der Waals surface area contributed by atoms with E-state index in [0.717, 1.165) is 21.9 Å². The average molecular weight is 972 g/mol. The van der Waals surface area contributed by atoms with Crippen molar-refractivity contribution >= 4 is 103 Å². The van der Waals surface area contributed by atoms with Gasteiger partial charge in [-0.2, -0.15) is 0 Å². The van der Waals surface area contributed by atoms with Crippen LogP contribution in [0.3, 0.4) is 0 Å². The molecule has 11 aromatic rings. The molecule has 5 heteroatoms. The van der Waals surface area contributed by atoms with Crippen LogP contribution in [0.4, 0.5) is 17.1 Å². The van der Waals surface area contributed by atoms with Crippen LogP contribution in [0.2, 0.25) is 0 Å². The van der Waals surface area contributed by atoms with Crippen LogP contribution in [0.25, 0.3) is 55.3 Å². The van der Waals surface area contributed by atoms with Gasteiger partial charge in [0.05, 0.1) is 5.69 Å². The molecule has 350 valence electrons. The SMILES string of the molecule is CC(C)(C)c1ccc2c(c1)B1c3cc4c(cc3N(c3ccc(C(C)(C)C)cc3-c3ccccc3)c3cc(-c5cccc6oc7ccccc7c56)cc(c31)S2)-c1ccccc1[Si]4(c1ccccc1)c1ccccc1. The van der Waals surface area contributed by atoms with E-state index in [-0.39, 0.29) is 17.5 Å². The monoisotopic (exact) mass is 971 g/mol. The highest BCUT2D eigenvalue weighted by Gasteiger charge is 2.51. The quantitative estimate of drug-likeness (QED) is 0.160. The molecule has 0 saturated heterocycles. The molecule has 3 aliphatic heterocycles. The number of anilines is 3. The molecular formula is C68H54BNOSSi. The lowest BCUT2D eigenvalue weighted by atomic mass is 9.34. The molecule has 10 aromatic carbocycles. The van der Waals surface area contributed by atoms with Crippen LogP contribution < -0.4 is 42.0 Å². The first-order valence-corrected chi connectivity index (χ1v) is 28.6. The molecule has 14 rings (SSSR count). The van der Waals surface area contributed by atoms with Gasteiger partial charge in [0, 0.05) is 37.5 Å². The minimum Gasteiger partial charge on any atom is -0.456 e. The summed E-state index contributed by atoms with van der Waals surface area (Å²) in [5.41, 5.74) is 19.5. The molecule has 2 nitrogen and oxygen atoms in total. The Morgan fingerprint density at radius 1 is 0.425 bits per heavy atom. The summed E-state index contributed by atoms with van der Waals surface area (Å²) in [6.45, 7) is 14.0. The van der Waals surface area contributed by atoms with Gasteiger partial charge in [0.15, 0.2) is 8.07 Å². The first-order chi connectivity index (χ1) is 35.5. The van der Waals surface area contributed by atoms with Crippen molar-refractivity contribution in [3.8, 4) is 33.4 Å². The molecule has 0 saturated carbocycles. The highest BCUT2D eigenvalue weighted by Crippen LogP contribution is 2.49. The molecule has 0 spiro atoms. The van der Waals surface area contributed by atoms with Crippen molar-refractivity contribution in [1.29, 1.82) is 0 Å². The van der Waals surface area contributed by atoms with Gasteiger partial charge in [-0.25, -0.2) is 0 Å². The highest BCUT2D eigenvalue weighted by molar-refractivity contribution is 8.00. The Morgan fingerprint density at radius 2 is 1.05 bits per heavy atom. The summed E-state index contributed by atoms with van der Waals surface area (Å²) in [6.07, 6.45) is 0. The van der Waals surface area contributed by atoms with Crippen molar-refractivity contribution in [3.05, 3.63) is 230 Å². The van der Waals surface area contributed by atoms with Crippen molar-refractivity contribution in [2.45, 2.75) is 62.2 Å². The van der Waals surface area contributed by atoms with Gasteiger partial charge in [0.1, 0.15) is 11.2 Å². The first-order valence-electron chi connectivity index (χ1n) is 25.8. The smallest absolute Gasteiger partial charge is 0.249 e. The lowest BCUT2D eigenvalue weighted by Crippen LogP contribution is -2.73. The second-order valence-electron chi connectivity index (χ2n) is 22.4. The van der Waals surface area contributed by atoms with Crippen molar-refractivity contribution in [2.24, 2.45) is 0 Å². The number of fused-ring (bicyclic) bond motifs is 10. The predicted octanol–water partition coefficient (Wildman–Crippen LogP) is 13.6. The van der Waals surface area contributed by atoms with Gasteiger partial charge >= 0.3 is 0 Å². The van der Waals surface area contributed by atoms with Crippen LogP contribution >= 0.6 is 11.8 Å². The molecule has 0 aliphatic carbocycles. The summed E-state index contributed by atoms with van der Waals surface area (Å²) in [5, 5.41) is 8.01. The fraction of sp³-hybridized carbons (Fsp3) is 0.118. The Balaban J connectivity index is 1.15. The molecule has 0 N–H and O–H groups in total. The van der Waals surface area contributed by atoms with Crippen LogP contribution in [-0.2, 0) is 10.8 Å².